The van der Waals surface area contributed by atoms with Crippen LogP contribution < -0.4 is 15.8 Å². The third kappa shape index (κ3) is 8.80. The van der Waals surface area contributed by atoms with E-state index < -0.39 is 0 Å². The van der Waals surface area contributed by atoms with Crippen LogP contribution in [-0.4, -0.2) is 42.0 Å². The predicted octanol–water partition coefficient (Wildman–Crippen LogP) is 3.84. The van der Waals surface area contributed by atoms with Crippen molar-refractivity contribution in [1.82, 2.24) is 10.2 Å². The molecule has 0 aromatic heterocycles. The highest BCUT2D eigenvalue weighted by Gasteiger charge is 2.23. The normalized spacial score (nSPS) is 17.5. The van der Waals surface area contributed by atoms with Gasteiger partial charge in [-0.25, -0.2) is 4.99 Å². The zero-order valence-corrected chi connectivity index (χ0v) is 20.8. The van der Waals surface area contributed by atoms with Crippen LogP contribution in [0.15, 0.2) is 23.2 Å². The molecule has 0 radical (unpaired) electrons. The maximum Gasteiger partial charge on any atom is 0.217 e. The number of likely N-dealkylation sites (tertiary alicyclic amines) is 1. The fourth-order valence-electron chi connectivity index (χ4n) is 3.51. The number of piperidine rings is 1. The SMILES string of the molecule is CCNC(=NCc1ccc(C)cc1OC(C)(C)C)N1CCCC(CC(N)=O)C1.I. The Morgan fingerprint density at radius 3 is 2.72 bits per heavy atom. The first kappa shape index (κ1) is 25.5. The average molecular weight is 516 g/mol. The number of aliphatic imine (C=N–C) groups is 1. The van der Waals surface area contributed by atoms with Crippen LogP contribution in [0, 0.1) is 12.8 Å². The smallest absolute Gasteiger partial charge is 0.217 e. The van der Waals surface area contributed by atoms with Crippen molar-refractivity contribution >= 4 is 35.8 Å². The van der Waals surface area contributed by atoms with E-state index in [2.05, 4.69) is 63.0 Å². The van der Waals surface area contributed by atoms with Gasteiger partial charge in [0.2, 0.25) is 5.91 Å². The highest BCUT2D eigenvalue weighted by atomic mass is 127. The molecule has 1 aliphatic rings. The third-order valence-corrected chi connectivity index (χ3v) is 4.68. The van der Waals surface area contributed by atoms with E-state index in [-0.39, 0.29) is 35.5 Å². The molecule has 0 spiro atoms. The monoisotopic (exact) mass is 516 g/mol. The molecule has 1 amide bonds. The minimum Gasteiger partial charge on any atom is -0.488 e. The van der Waals surface area contributed by atoms with E-state index >= 15 is 0 Å². The standard InChI is InChI=1S/C22H36N4O2.HI/c1-6-24-21(26-11-7-8-17(15-26)13-20(23)27)25-14-18-10-9-16(2)12-19(18)28-22(3,4)5;/h9-10,12,17H,6-8,11,13-15H2,1-5H3,(H2,23,27)(H,24,25);1H. The van der Waals surface area contributed by atoms with Gasteiger partial charge in [0.1, 0.15) is 11.4 Å². The largest absolute Gasteiger partial charge is 0.488 e. The second-order valence-corrected chi connectivity index (χ2v) is 8.62. The van der Waals surface area contributed by atoms with E-state index in [1.54, 1.807) is 0 Å². The Hall–Kier alpha value is -1.51. The molecular weight excluding hydrogens is 479 g/mol. The zero-order valence-electron chi connectivity index (χ0n) is 18.5. The van der Waals surface area contributed by atoms with Crippen molar-refractivity contribution in [3.8, 4) is 5.75 Å². The molecule has 1 aliphatic heterocycles. The summed E-state index contributed by atoms with van der Waals surface area (Å²) in [7, 11) is 0. The summed E-state index contributed by atoms with van der Waals surface area (Å²) in [4.78, 5) is 18.4. The molecule has 0 aliphatic carbocycles. The highest BCUT2D eigenvalue weighted by Crippen LogP contribution is 2.26. The Balaban J connectivity index is 0.00000420. The lowest BCUT2D eigenvalue weighted by molar-refractivity contribution is -0.119. The summed E-state index contributed by atoms with van der Waals surface area (Å²) in [5, 5.41) is 3.39. The Bertz CT molecular complexity index is 701. The molecule has 1 unspecified atom stereocenters. The van der Waals surface area contributed by atoms with Gasteiger partial charge in [-0.1, -0.05) is 12.1 Å². The number of carbonyl (C=O) groups excluding carboxylic acids is 1. The molecule has 1 aromatic rings. The molecule has 3 N–H and O–H groups in total. The number of rotatable bonds is 6. The van der Waals surface area contributed by atoms with Crippen molar-refractivity contribution in [3.05, 3.63) is 29.3 Å². The highest BCUT2D eigenvalue weighted by molar-refractivity contribution is 14.0. The van der Waals surface area contributed by atoms with Crippen molar-refractivity contribution < 1.29 is 9.53 Å². The van der Waals surface area contributed by atoms with E-state index in [9.17, 15) is 4.79 Å². The van der Waals surface area contributed by atoms with E-state index in [1.807, 2.05) is 0 Å². The van der Waals surface area contributed by atoms with Crippen LogP contribution >= 0.6 is 24.0 Å². The number of benzene rings is 1. The summed E-state index contributed by atoms with van der Waals surface area (Å²) >= 11 is 0. The molecule has 7 heteroatoms. The van der Waals surface area contributed by atoms with Crippen LogP contribution in [0.4, 0.5) is 0 Å². The minimum atomic E-state index is -0.258. The van der Waals surface area contributed by atoms with Gasteiger partial charge < -0.3 is 20.7 Å². The number of aryl methyl sites for hydroxylation is 1. The van der Waals surface area contributed by atoms with Gasteiger partial charge in [0.15, 0.2) is 5.96 Å². The van der Waals surface area contributed by atoms with Crippen molar-refractivity contribution in [2.24, 2.45) is 16.6 Å². The van der Waals surface area contributed by atoms with Crippen LogP contribution in [-0.2, 0) is 11.3 Å². The maximum absolute atomic E-state index is 11.3. The average Bonchev–Trinajstić information content (AvgIpc) is 2.58. The first-order valence-corrected chi connectivity index (χ1v) is 10.3. The van der Waals surface area contributed by atoms with Crippen LogP contribution in [0.1, 0.15) is 58.1 Å². The number of halogens is 1. The zero-order chi connectivity index (χ0) is 20.7. The molecule has 1 saturated heterocycles. The number of nitrogens with two attached hydrogens (primary N) is 1. The van der Waals surface area contributed by atoms with Crippen LogP contribution in [0.3, 0.4) is 0 Å². The van der Waals surface area contributed by atoms with E-state index in [1.165, 1.54) is 5.56 Å². The maximum atomic E-state index is 11.3. The molecule has 1 fully saturated rings. The third-order valence-electron chi connectivity index (χ3n) is 4.68. The second-order valence-electron chi connectivity index (χ2n) is 8.62. The number of guanidine groups is 1. The first-order chi connectivity index (χ1) is 13.2. The van der Waals surface area contributed by atoms with Crippen LogP contribution in [0.2, 0.25) is 0 Å². The molecular formula is C22H37IN4O2. The first-order valence-electron chi connectivity index (χ1n) is 10.3. The fourth-order valence-corrected chi connectivity index (χ4v) is 3.51. The van der Waals surface area contributed by atoms with E-state index in [4.69, 9.17) is 15.5 Å². The molecule has 2 rings (SSSR count). The second kappa shape index (κ2) is 11.6. The molecule has 164 valence electrons. The summed E-state index contributed by atoms with van der Waals surface area (Å²) in [5.74, 6) is 1.85. The van der Waals surface area contributed by atoms with E-state index in [0.717, 1.165) is 49.7 Å². The van der Waals surface area contributed by atoms with Crippen molar-refractivity contribution in [1.29, 1.82) is 0 Å². The van der Waals surface area contributed by atoms with Gasteiger partial charge in [0.25, 0.3) is 0 Å². The Labute approximate surface area is 192 Å². The number of nitrogens with zero attached hydrogens (tertiary/aromatic N) is 2. The molecule has 1 atom stereocenters. The summed E-state index contributed by atoms with van der Waals surface area (Å²) in [5.41, 5.74) is 7.38. The van der Waals surface area contributed by atoms with Gasteiger partial charge in [0.05, 0.1) is 6.54 Å². The van der Waals surface area contributed by atoms with Crippen molar-refractivity contribution in [3.63, 3.8) is 0 Å². The van der Waals surface area contributed by atoms with Gasteiger partial charge in [-0.15, -0.1) is 24.0 Å². The summed E-state index contributed by atoms with van der Waals surface area (Å²) < 4.78 is 6.16. The van der Waals surface area contributed by atoms with Gasteiger partial charge in [-0.2, -0.15) is 0 Å². The molecule has 6 nitrogen and oxygen atoms in total. The minimum absolute atomic E-state index is 0. The van der Waals surface area contributed by atoms with Crippen LogP contribution in [0.5, 0.6) is 5.75 Å². The van der Waals surface area contributed by atoms with Crippen molar-refractivity contribution in [2.45, 2.75) is 66.0 Å². The Morgan fingerprint density at radius 2 is 2.10 bits per heavy atom. The number of nitrogens with one attached hydrogen (secondary N) is 1. The fraction of sp³-hybridized carbons (Fsp3) is 0.636. The molecule has 0 saturated carbocycles. The molecule has 29 heavy (non-hydrogen) atoms. The predicted molar refractivity (Wildman–Crippen MR) is 130 cm³/mol. The summed E-state index contributed by atoms with van der Waals surface area (Å²) in [6.07, 6.45) is 2.53. The summed E-state index contributed by atoms with van der Waals surface area (Å²) in [6.45, 7) is 13.4. The molecule has 1 aromatic carbocycles. The number of hydrogen-bond donors (Lipinski definition) is 2. The lowest BCUT2D eigenvalue weighted by Gasteiger charge is -2.34. The van der Waals surface area contributed by atoms with Gasteiger partial charge in [-0.05, 0) is 65.0 Å². The lowest BCUT2D eigenvalue weighted by Crippen LogP contribution is -2.47. The van der Waals surface area contributed by atoms with E-state index in [0.29, 0.717) is 18.9 Å². The van der Waals surface area contributed by atoms with Gasteiger partial charge in [-0.3, -0.25) is 4.79 Å². The molecule has 0 bridgehead atoms. The topological polar surface area (TPSA) is 80.0 Å². The van der Waals surface area contributed by atoms with Crippen LogP contribution in [0.25, 0.3) is 0 Å². The molecule has 1 heterocycles. The van der Waals surface area contributed by atoms with Crippen molar-refractivity contribution in [2.75, 3.05) is 19.6 Å². The number of hydrogen-bond acceptors (Lipinski definition) is 3. The lowest BCUT2D eigenvalue weighted by atomic mass is 9.95. The number of primary amides is 1. The van der Waals surface area contributed by atoms with Gasteiger partial charge in [0, 0.05) is 31.6 Å². The Kier molecular flexibility index (Phi) is 10.2. The number of carbonyl (C=O) groups is 1. The Morgan fingerprint density at radius 1 is 1.38 bits per heavy atom. The number of amides is 1. The number of ether oxygens (including phenoxy) is 1. The summed E-state index contributed by atoms with van der Waals surface area (Å²) in [6, 6.07) is 6.26. The van der Waals surface area contributed by atoms with Gasteiger partial charge >= 0.3 is 0 Å². The quantitative estimate of drug-likeness (QED) is 0.342.